The lowest BCUT2D eigenvalue weighted by Gasteiger charge is -2.38. The summed E-state index contributed by atoms with van der Waals surface area (Å²) in [5.74, 6) is 0.421. The molecule has 1 aromatic carbocycles. The molecule has 4 nitrogen and oxygen atoms in total. The van der Waals surface area contributed by atoms with E-state index in [-0.39, 0.29) is 6.09 Å². The molecule has 122 valence electrons. The number of nitrogens with one attached hydrogen (secondary N) is 1. The number of hydrogen-bond acceptors (Lipinski definition) is 3. The van der Waals surface area contributed by atoms with Crippen LogP contribution in [-0.4, -0.2) is 35.7 Å². The van der Waals surface area contributed by atoms with Crippen LogP contribution in [0.4, 0.5) is 4.79 Å². The van der Waals surface area contributed by atoms with Gasteiger partial charge in [0.1, 0.15) is 5.60 Å². The summed E-state index contributed by atoms with van der Waals surface area (Å²) in [6.07, 6.45) is 0.772. The maximum Gasteiger partial charge on any atom is 0.410 e. The number of rotatable bonds is 3. The molecular formula is C18H28N2O2. The van der Waals surface area contributed by atoms with Crippen molar-refractivity contribution in [3.63, 3.8) is 0 Å². The largest absolute Gasteiger partial charge is 0.444 e. The number of nitrogens with zero attached hydrogens (tertiary/aromatic N) is 1. The summed E-state index contributed by atoms with van der Waals surface area (Å²) < 4.78 is 5.46. The highest BCUT2D eigenvalue weighted by Crippen LogP contribution is 2.20. The Balaban J connectivity index is 1.81. The Morgan fingerprint density at radius 3 is 2.59 bits per heavy atom. The number of hydrogen-bond donors (Lipinski definition) is 1. The zero-order valence-electron chi connectivity index (χ0n) is 14.1. The minimum absolute atomic E-state index is 0.194. The Hall–Kier alpha value is -1.55. The lowest BCUT2D eigenvalue weighted by molar-refractivity contribution is 0.0143. The monoisotopic (exact) mass is 304 g/mol. The van der Waals surface area contributed by atoms with Gasteiger partial charge in [-0.3, -0.25) is 0 Å². The van der Waals surface area contributed by atoms with Gasteiger partial charge in [0, 0.05) is 25.7 Å². The number of likely N-dealkylation sites (tertiary alicyclic amines) is 1. The van der Waals surface area contributed by atoms with Gasteiger partial charge < -0.3 is 15.0 Å². The van der Waals surface area contributed by atoms with Gasteiger partial charge in [-0.05, 0) is 38.7 Å². The van der Waals surface area contributed by atoms with E-state index in [0.29, 0.717) is 12.0 Å². The van der Waals surface area contributed by atoms with Crippen molar-refractivity contribution in [1.82, 2.24) is 10.2 Å². The van der Waals surface area contributed by atoms with Gasteiger partial charge in [0.05, 0.1) is 0 Å². The van der Waals surface area contributed by atoms with Crippen molar-refractivity contribution in [2.24, 2.45) is 5.92 Å². The van der Waals surface area contributed by atoms with Crippen LogP contribution in [0.1, 0.15) is 39.7 Å². The molecule has 1 saturated heterocycles. The highest BCUT2D eigenvalue weighted by Gasteiger charge is 2.30. The summed E-state index contributed by atoms with van der Waals surface area (Å²) in [6, 6.07) is 10.9. The van der Waals surface area contributed by atoms with E-state index in [1.165, 1.54) is 5.56 Å². The molecule has 0 radical (unpaired) electrons. The summed E-state index contributed by atoms with van der Waals surface area (Å²) in [7, 11) is 0. The number of piperidine rings is 1. The van der Waals surface area contributed by atoms with Gasteiger partial charge in [-0.15, -0.1) is 0 Å². The molecular weight excluding hydrogens is 276 g/mol. The average molecular weight is 304 g/mol. The van der Waals surface area contributed by atoms with Crippen LogP contribution in [0.5, 0.6) is 0 Å². The van der Waals surface area contributed by atoms with E-state index in [1.54, 1.807) is 0 Å². The molecule has 1 amide bonds. The Bertz CT molecular complexity index is 482. The Labute approximate surface area is 133 Å². The first-order chi connectivity index (χ1) is 10.3. The van der Waals surface area contributed by atoms with Gasteiger partial charge in [0.25, 0.3) is 0 Å². The lowest BCUT2D eigenvalue weighted by Crippen LogP contribution is -2.50. The predicted molar refractivity (Wildman–Crippen MR) is 88.7 cm³/mol. The second-order valence-electron chi connectivity index (χ2n) is 7.17. The van der Waals surface area contributed by atoms with Crippen LogP contribution in [0.15, 0.2) is 30.3 Å². The Kier molecular flexibility index (Phi) is 5.46. The van der Waals surface area contributed by atoms with Crippen LogP contribution < -0.4 is 5.32 Å². The Morgan fingerprint density at radius 2 is 2.00 bits per heavy atom. The third-order valence-corrected chi connectivity index (χ3v) is 3.97. The predicted octanol–water partition coefficient (Wildman–Crippen LogP) is 3.42. The zero-order valence-corrected chi connectivity index (χ0v) is 14.1. The molecule has 0 spiro atoms. The maximum atomic E-state index is 12.1. The molecule has 0 bridgehead atoms. The molecule has 2 atom stereocenters. The van der Waals surface area contributed by atoms with Crippen LogP contribution in [0, 0.1) is 5.92 Å². The zero-order chi connectivity index (χ0) is 16.2. The van der Waals surface area contributed by atoms with Crippen molar-refractivity contribution in [3.8, 4) is 0 Å². The van der Waals surface area contributed by atoms with Crippen molar-refractivity contribution in [3.05, 3.63) is 35.9 Å². The summed E-state index contributed by atoms with van der Waals surface area (Å²) in [5.41, 5.74) is 0.868. The molecule has 0 saturated carbocycles. The van der Waals surface area contributed by atoms with Crippen LogP contribution in [0.2, 0.25) is 0 Å². The fourth-order valence-corrected chi connectivity index (χ4v) is 2.79. The standard InChI is InChI=1S/C18H28N2O2/c1-14-13-20(17(21)22-18(2,3)4)11-10-16(14)19-12-15-8-6-5-7-9-15/h5-9,14,16,19H,10-13H2,1-4H3/t14-,16-/m1/s1. The van der Waals surface area contributed by atoms with Crippen molar-refractivity contribution in [2.45, 2.75) is 52.3 Å². The smallest absolute Gasteiger partial charge is 0.410 e. The molecule has 2 rings (SSSR count). The van der Waals surface area contributed by atoms with E-state index < -0.39 is 5.60 Å². The molecule has 1 aliphatic heterocycles. The summed E-state index contributed by atoms with van der Waals surface area (Å²) >= 11 is 0. The number of amides is 1. The summed E-state index contributed by atoms with van der Waals surface area (Å²) in [6.45, 7) is 10.3. The highest BCUT2D eigenvalue weighted by atomic mass is 16.6. The normalized spacial score (nSPS) is 22.5. The molecule has 22 heavy (non-hydrogen) atoms. The fraction of sp³-hybridized carbons (Fsp3) is 0.611. The minimum atomic E-state index is -0.428. The van der Waals surface area contributed by atoms with Gasteiger partial charge >= 0.3 is 6.09 Å². The minimum Gasteiger partial charge on any atom is -0.444 e. The number of ether oxygens (including phenoxy) is 1. The molecule has 0 aromatic heterocycles. The highest BCUT2D eigenvalue weighted by molar-refractivity contribution is 5.68. The van der Waals surface area contributed by atoms with Gasteiger partial charge in [-0.2, -0.15) is 0 Å². The van der Waals surface area contributed by atoms with Gasteiger partial charge in [-0.1, -0.05) is 37.3 Å². The van der Waals surface area contributed by atoms with Gasteiger partial charge in [0.15, 0.2) is 0 Å². The number of carbonyl (C=O) groups is 1. The molecule has 1 aromatic rings. The van der Waals surface area contributed by atoms with Crippen LogP contribution in [0.25, 0.3) is 0 Å². The molecule has 0 aliphatic carbocycles. The SMILES string of the molecule is C[C@@H]1CN(C(=O)OC(C)(C)C)CC[C@H]1NCc1ccccc1. The number of carbonyl (C=O) groups excluding carboxylic acids is 1. The lowest BCUT2D eigenvalue weighted by atomic mass is 9.94. The van der Waals surface area contributed by atoms with Crippen LogP contribution in [-0.2, 0) is 11.3 Å². The van der Waals surface area contributed by atoms with Crippen molar-refractivity contribution in [1.29, 1.82) is 0 Å². The van der Waals surface area contributed by atoms with Crippen molar-refractivity contribution in [2.75, 3.05) is 13.1 Å². The Morgan fingerprint density at radius 1 is 1.32 bits per heavy atom. The molecule has 1 fully saturated rings. The fourth-order valence-electron chi connectivity index (χ4n) is 2.79. The second-order valence-corrected chi connectivity index (χ2v) is 7.17. The average Bonchev–Trinajstić information content (AvgIpc) is 2.45. The number of benzene rings is 1. The molecule has 1 N–H and O–H groups in total. The van der Waals surface area contributed by atoms with Crippen molar-refractivity contribution < 1.29 is 9.53 Å². The van der Waals surface area contributed by atoms with Gasteiger partial charge in [0.2, 0.25) is 0 Å². The van der Waals surface area contributed by atoms with Crippen LogP contribution in [0.3, 0.4) is 0 Å². The van der Waals surface area contributed by atoms with Gasteiger partial charge in [-0.25, -0.2) is 4.79 Å². The van der Waals surface area contributed by atoms with E-state index >= 15 is 0 Å². The van der Waals surface area contributed by atoms with E-state index in [9.17, 15) is 4.79 Å². The summed E-state index contributed by atoms with van der Waals surface area (Å²) in [4.78, 5) is 14.0. The van der Waals surface area contributed by atoms with E-state index in [0.717, 1.165) is 26.1 Å². The topological polar surface area (TPSA) is 41.6 Å². The molecule has 1 aliphatic rings. The van der Waals surface area contributed by atoms with Crippen molar-refractivity contribution >= 4 is 6.09 Å². The van der Waals surface area contributed by atoms with E-state index in [1.807, 2.05) is 31.7 Å². The molecule has 0 unspecified atom stereocenters. The quantitative estimate of drug-likeness (QED) is 0.930. The second kappa shape index (κ2) is 7.14. The van der Waals surface area contributed by atoms with E-state index in [2.05, 4.69) is 36.5 Å². The first-order valence-electron chi connectivity index (χ1n) is 8.10. The third kappa shape index (κ3) is 5.02. The van der Waals surface area contributed by atoms with E-state index in [4.69, 9.17) is 4.74 Å². The maximum absolute atomic E-state index is 12.1. The first kappa shape index (κ1) is 16.8. The molecule has 4 heteroatoms. The summed E-state index contributed by atoms with van der Waals surface area (Å²) in [5, 5.41) is 3.62. The molecule has 1 heterocycles. The third-order valence-electron chi connectivity index (χ3n) is 3.97. The van der Waals surface area contributed by atoms with Crippen LogP contribution >= 0.6 is 0 Å². The first-order valence-corrected chi connectivity index (χ1v) is 8.10.